The van der Waals surface area contributed by atoms with Crippen LogP contribution in [-0.2, 0) is 67.9 Å². The number of carbonyl (C=O) groups is 5. The minimum absolute atomic E-state index is 0. The van der Waals surface area contributed by atoms with Crippen LogP contribution < -0.4 is 46.3 Å². The van der Waals surface area contributed by atoms with E-state index in [-0.39, 0.29) is 94.0 Å². The molecule has 8 bridgehead atoms. The van der Waals surface area contributed by atoms with Crippen molar-refractivity contribution in [2.75, 3.05) is 26.2 Å². The maximum absolute atomic E-state index is 15.3. The number of rotatable bonds is 32. The van der Waals surface area contributed by atoms with Gasteiger partial charge in [-0.3, -0.25) is 9.59 Å². The molecule has 0 saturated heterocycles. The normalized spacial score (nSPS) is 14.3. The summed E-state index contributed by atoms with van der Waals surface area (Å²) < 4.78 is 28.0. The molecule has 6 aromatic rings. The Labute approximate surface area is 586 Å². The van der Waals surface area contributed by atoms with Gasteiger partial charge in [0.15, 0.2) is 49.6 Å². The van der Waals surface area contributed by atoms with Gasteiger partial charge in [0.2, 0.25) is 22.8 Å². The zero-order valence-corrected chi connectivity index (χ0v) is 59.7. The van der Waals surface area contributed by atoms with E-state index < -0.39 is 35.6 Å². The van der Waals surface area contributed by atoms with E-state index in [4.69, 9.17) is 46.1 Å². The number of aryl methyl sites for hydroxylation is 1. The number of hydrogen-bond acceptors (Lipinski definition) is 12. The smallest absolute Gasteiger partial charge is 0.656 e. The number of hydrogen-bond donors (Lipinski definition) is 3. The first-order chi connectivity index (χ1) is 46.3. The summed E-state index contributed by atoms with van der Waals surface area (Å²) >= 11 is 0. The van der Waals surface area contributed by atoms with Crippen molar-refractivity contribution in [2.24, 2.45) is 35.0 Å². The number of aromatic nitrogens is 6. The number of aromatic amines is 2. The molecule has 1 aromatic carbocycles. The summed E-state index contributed by atoms with van der Waals surface area (Å²) in [5.74, 6) is -2.98. The van der Waals surface area contributed by atoms with Crippen molar-refractivity contribution >= 4 is 97.1 Å². The van der Waals surface area contributed by atoms with Crippen molar-refractivity contribution in [3.8, 4) is 0 Å². The molecule has 0 spiro atoms. The fraction of sp³-hybridized carbons (Fsp3) is 0.423. The summed E-state index contributed by atoms with van der Waals surface area (Å²) in [6.45, 7) is 21.2. The quantitative estimate of drug-likeness (QED) is 0.00675. The van der Waals surface area contributed by atoms with Gasteiger partial charge in [0.05, 0.1) is 29.8 Å². The summed E-state index contributed by atoms with van der Waals surface area (Å²) in [4.78, 5) is 91.8. The Kier molecular flexibility index (Phi) is 27.2. The molecule has 5 aromatic heterocycles. The Hall–Kier alpha value is -8.20. The topological polar surface area (TPSA) is 265 Å². The number of carbonyl (C=O) groups excluding carboxylic acids is 5. The van der Waals surface area contributed by atoms with Crippen molar-refractivity contribution in [3.63, 3.8) is 0 Å². The Bertz CT molecular complexity index is 4120. The zero-order chi connectivity index (χ0) is 68.6. The summed E-state index contributed by atoms with van der Waals surface area (Å²) in [5.41, 5.74) is 28.0. The van der Waals surface area contributed by atoms with Crippen molar-refractivity contribution < 1.29 is 62.0 Å². The van der Waals surface area contributed by atoms with Gasteiger partial charge in [0, 0.05) is 69.3 Å². The van der Waals surface area contributed by atoms with Crippen molar-refractivity contribution in [2.45, 2.75) is 172 Å². The minimum atomic E-state index is -1.51. The monoisotopic (exact) mass is 1330 g/mol. The molecule has 3 unspecified atom stereocenters. The molecule has 3 atom stereocenters. The van der Waals surface area contributed by atoms with Gasteiger partial charge in [-0.25, -0.2) is 33.5 Å². The summed E-state index contributed by atoms with van der Waals surface area (Å²) in [6, 6.07) is 20.1. The third kappa shape index (κ3) is 18.9. The number of nitrogens with two attached hydrogens (primary N) is 3. The SMILES string of the molecule is CCC1=C(C)c2cc3[n-]c(cc4[nH+]c(c5c6[n-]c(cc1[nH+]2)c(C)c6C(=O)C5C(=O)OCc1cc[n+](CCN)cc1)C(/C=C/C(=O)OC/C=C(\C)CCCC(C)CCCC(C)CCCC(C)C)=C4C)c(C(=O)OCc1ccc(CCN)cc1)c3C(=O)OCc1cc[n+](CCN)cc1.[Mg+2]. The van der Waals surface area contributed by atoms with E-state index in [0.717, 1.165) is 53.4 Å². The molecule has 7 heterocycles. The largest absolute Gasteiger partial charge is 2.00 e. The first kappa shape index (κ1) is 74.6. The Morgan fingerprint density at radius 1 is 0.629 bits per heavy atom. The molecule has 3 aliphatic rings. The van der Waals surface area contributed by atoms with Crippen molar-refractivity contribution in [1.82, 2.24) is 9.97 Å². The summed E-state index contributed by atoms with van der Waals surface area (Å²) in [5, 5.41) is 0. The molecule has 0 amide bonds. The van der Waals surface area contributed by atoms with E-state index in [2.05, 4.69) is 44.6 Å². The van der Waals surface area contributed by atoms with Gasteiger partial charge in [-0.2, -0.15) is 0 Å². The standard InChI is InChI=1S/C78H95N9O9.Mg/c1-10-59-52(7)61-43-65-69(77(91)95-46-57-27-35-86(36-28-57)39-33-80)70(76(90)94-45-56-22-20-55(21-23-56)26-32-79)66(83-65)44-62-53(8)60(24-25-67(88)93-41-31-51(6)19-13-18-50(5)17-12-16-49(4)15-11-14-48(2)3)73(84-62)71-72(78(92)96-47-58-29-37-87(38-30-58)40-34-81)75(89)68-54(9)63(85-74(68)71)42-64(59)82-61;/h20-25,27-31,35-38,42-44,48-50,72H,10-19,26,32-34,39-41,45-47,79-81H2,1-9H3;/q;+2/p+2/b51-31+,61-43?,62-44?,63-42?,64-42?,65-43?,66-44?,73-71?;. The number of fused-ring (bicyclic) bond motifs is 8. The number of nitrogens with one attached hydrogen (secondary N) is 2. The molecular formula is C78H97MgN9O9+4. The second-order valence-corrected chi connectivity index (χ2v) is 26.4. The number of ether oxygens (including phenoxy) is 4. The third-order valence-electron chi connectivity index (χ3n) is 18.6. The molecular weight excluding hydrogens is 1230 g/mol. The molecule has 1 aliphatic carbocycles. The molecule has 97 heavy (non-hydrogen) atoms. The second-order valence-electron chi connectivity index (χ2n) is 26.4. The van der Waals surface area contributed by atoms with Gasteiger partial charge in [0.1, 0.15) is 26.4 Å². The predicted octanol–water partition coefficient (Wildman–Crippen LogP) is 10.8. The van der Waals surface area contributed by atoms with Crippen LogP contribution in [0.2, 0.25) is 0 Å². The van der Waals surface area contributed by atoms with Crippen LogP contribution in [0.4, 0.5) is 0 Å². The fourth-order valence-corrected chi connectivity index (χ4v) is 12.9. The summed E-state index contributed by atoms with van der Waals surface area (Å²) in [7, 11) is 0. The molecule has 0 saturated carbocycles. The summed E-state index contributed by atoms with van der Waals surface area (Å²) in [6.07, 6.45) is 24.2. The van der Waals surface area contributed by atoms with E-state index in [1.54, 1.807) is 25.1 Å². The van der Waals surface area contributed by atoms with Crippen LogP contribution in [0.3, 0.4) is 0 Å². The Morgan fingerprint density at radius 3 is 1.71 bits per heavy atom. The Morgan fingerprint density at radius 2 is 1.15 bits per heavy atom. The number of allylic oxidation sites excluding steroid dienone is 6. The van der Waals surface area contributed by atoms with Crippen LogP contribution in [0.25, 0.3) is 44.4 Å². The fourth-order valence-electron chi connectivity index (χ4n) is 12.9. The molecule has 0 fully saturated rings. The van der Waals surface area contributed by atoms with Crippen LogP contribution >= 0.6 is 0 Å². The van der Waals surface area contributed by atoms with Gasteiger partial charge in [0.25, 0.3) is 0 Å². The second kappa shape index (κ2) is 35.3. The molecule has 8 N–H and O–H groups in total. The zero-order valence-electron chi connectivity index (χ0n) is 58.2. The molecule has 506 valence electrons. The number of H-pyrrole nitrogens is 2. The number of ketones is 1. The van der Waals surface area contributed by atoms with Gasteiger partial charge in [-0.1, -0.05) is 115 Å². The van der Waals surface area contributed by atoms with Gasteiger partial charge < -0.3 is 46.1 Å². The number of Topliss-reactive ketones (excluding diaryl/α,β-unsaturated/α-hetero) is 1. The van der Waals surface area contributed by atoms with Crippen LogP contribution in [-0.4, -0.2) is 79.0 Å². The first-order valence-corrected chi connectivity index (χ1v) is 34.2. The van der Waals surface area contributed by atoms with E-state index in [9.17, 15) is 9.59 Å². The van der Waals surface area contributed by atoms with Gasteiger partial charge in [-0.15, -0.1) is 22.1 Å². The van der Waals surface area contributed by atoms with Gasteiger partial charge >= 0.3 is 46.9 Å². The number of esters is 4. The predicted molar refractivity (Wildman–Crippen MR) is 376 cm³/mol. The number of benzene rings is 1. The molecule has 9 rings (SSSR count). The van der Waals surface area contributed by atoms with Crippen LogP contribution in [0, 0.1) is 24.7 Å². The molecule has 19 heteroatoms. The van der Waals surface area contributed by atoms with E-state index >= 15 is 14.4 Å². The maximum Gasteiger partial charge on any atom is 2.00 e. The maximum atomic E-state index is 15.3. The minimum Gasteiger partial charge on any atom is -0.656 e. The van der Waals surface area contributed by atoms with Crippen LogP contribution in [0.1, 0.15) is 213 Å². The number of nitrogens with zero attached hydrogens (tertiary/aromatic N) is 4. The molecule has 18 nitrogen and oxygen atoms in total. The van der Waals surface area contributed by atoms with E-state index in [1.165, 1.54) is 44.6 Å². The Balaban J connectivity index is 0.0000120. The molecule has 0 radical (unpaired) electrons. The molecule has 2 aliphatic heterocycles. The van der Waals surface area contributed by atoms with E-state index in [0.29, 0.717) is 107 Å². The van der Waals surface area contributed by atoms with Crippen molar-refractivity contribution in [1.29, 1.82) is 0 Å². The third-order valence-corrected chi connectivity index (χ3v) is 18.6. The first-order valence-electron chi connectivity index (χ1n) is 34.2. The van der Waals surface area contributed by atoms with E-state index in [1.807, 2.05) is 115 Å². The van der Waals surface area contributed by atoms with Crippen molar-refractivity contribution in [3.05, 3.63) is 188 Å². The average Bonchev–Trinajstić information content (AvgIpc) is 1.56. The van der Waals surface area contributed by atoms with Crippen LogP contribution in [0.15, 0.2) is 115 Å². The van der Waals surface area contributed by atoms with Gasteiger partial charge in [-0.05, 0) is 119 Å². The average molecular weight is 1330 g/mol. The van der Waals surface area contributed by atoms with Crippen LogP contribution in [0.5, 0.6) is 0 Å². The number of pyridine rings is 2.